The van der Waals surface area contributed by atoms with Crippen LogP contribution < -0.4 is 4.72 Å². The third-order valence-electron chi connectivity index (χ3n) is 2.33. The van der Waals surface area contributed by atoms with Gasteiger partial charge in [-0.15, -0.1) is 0 Å². The molecule has 0 spiro atoms. The molecule has 0 radical (unpaired) electrons. The zero-order valence-corrected chi connectivity index (χ0v) is 12.5. The third-order valence-corrected chi connectivity index (χ3v) is 4.61. The standard InChI is InChI=1S/C10H11Cl2FN4O2S/c11-7-3-4-8(9(12)10(7)13)20(18,19)16-6-2-1-5-15-17-14/h3-4,16H,1-2,5-6H2. The number of nitrogens with zero attached hydrogens (tertiary/aromatic N) is 3. The molecule has 10 heteroatoms. The Bertz CT molecular complexity index is 632. The quantitative estimate of drug-likeness (QED) is 0.270. The molecule has 0 saturated heterocycles. The van der Waals surface area contributed by atoms with Crippen LogP contribution in [0.5, 0.6) is 0 Å². The summed E-state index contributed by atoms with van der Waals surface area (Å²) < 4.78 is 39.6. The second-order valence-corrected chi connectivity index (χ2v) is 6.25. The topological polar surface area (TPSA) is 94.9 Å². The van der Waals surface area contributed by atoms with Gasteiger partial charge in [0.15, 0.2) is 5.82 Å². The van der Waals surface area contributed by atoms with Gasteiger partial charge in [-0.3, -0.25) is 0 Å². The third kappa shape index (κ3) is 4.50. The summed E-state index contributed by atoms with van der Waals surface area (Å²) in [6, 6.07) is 2.26. The Kier molecular flexibility index (Phi) is 6.51. The molecular formula is C10H11Cl2FN4O2S. The molecule has 0 unspecified atom stereocenters. The van der Waals surface area contributed by atoms with E-state index in [0.717, 1.165) is 12.1 Å². The van der Waals surface area contributed by atoms with Gasteiger partial charge < -0.3 is 0 Å². The van der Waals surface area contributed by atoms with Crippen LogP contribution in [-0.4, -0.2) is 21.5 Å². The van der Waals surface area contributed by atoms with Crippen molar-refractivity contribution in [3.63, 3.8) is 0 Å². The Morgan fingerprint density at radius 3 is 2.70 bits per heavy atom. The van der Waals surface area contributed by atoms with Gasteiger partial charge in [0.25, 0.3) is 0 Å². The number of sulfonamides is 1. The summed E-state index contributed by atoms with van der Waals surface area (Å²) in [4.78, 5) is 2.21. The summed E-state index contributed by atoms with van der Waals surface area (Å²) >= 11 is 11.1. The van der Waals surface area contributed by atoms with E-state index >= 15 is 0 Å². The fraction of sp³-hybridized carbons (Fsp3) is 0.400. The number of rotatable bonds is 7. The molecule has 6 nitrogen and oxygen atoms in total. The van der Waals surface area contributed by atoms with Crippen molar-refractivity contribution in [1.29, 1.82) is 0 Å². The van der Waals surface area contributed by atoms with Crippen LogP contribution in [0.4, 0.5) is 4.39 Å². The minimum absolute atomic E-state index is 0.129. The first kappa shape index (κ1) is 17.0. The number of hydrogen-bond donors (Lipinski definition) is 1. The molecule has 1 N–H and O–H groups in total. The Morgan fingerprint density at radius 2 is 2.05 bits per heavy atom. The van der Waals surface area contributed by atoms with Crippen LogP contribution >= 0.6 is 23.2 Å². The number of hydrogen-bond acceptors (Lipinski definition) is 3. The molecule has 0 saturated carbocycles. The van der Waals surface area contributed by atoms with Crippen LogP contribution in [-0.2, 0) is 10.0 Å². The predicted octanol–water partition coefficient (Wildman–Crippen LogP) is 3.50. The second kappa shape index (κ2) is 7.66. The van der Waals surface area contributed by atoms with Gasteiger partial charge in [0.1, 0.15) is 4.90 Å². The molecule has 1 rings (SSSR count). The van der Waals surface area contributed by atoms with Gasteiger partial charge in [-0.2, -0.15) is 0 Å². The first-order valence-corrected chi connectivity index (χ1v) is 7.78. The molecule has 0 bridgehead atoms. The summed E-state index contributed by atoms with van der Waals surface area (Å²) in [5, 5.41) is 2.53. The maximum Gasteiger partial charge on any atom is 0.242 e. The Balaban J connectivity index is 2.70. The van der Waals surface area contributed by atoms with Crippen LogP contribution in [0.2, 0.25) is 10.0 Å². The zero-order valence-electron chi connectivity index (χ0n) is 10.2. The molecule has 0 heterocycles. The van der Waals surface area contributed by atoms with Gasteiger partial charge >= 0.3 is 0 Å². The van der Waals surface area contributed by atoms with Crippen molar-refractivity contribution in [3.05, 3.63) is 38.4 Å². The lowest BCUT2D eigenvalue weighted by molar-refractivity contribution is 0.574. The fourth-order valence-electron chi connectivity index (χ4n) is 1.35. The molecule has 0 aromatic heterocycles. The smallest absolute Gasteiger partial charge is 0.211 e. The molecule has 0 aliphatic rings. The maximum atomic E-state index is 13.4. The number of azide groups is 1. The van der Waals surface area contributed by atoms with Crippen molar-refractivity contribution in [2.45, 2.75) is 17.7 Å². The number of nitrogens with one attached hydrogen (secondary N) is 1. The van der Waals surface area contributed by atoms with Gasteiger partial charge in [-0.1, -0.05) is 28.3 Å². The van der Waals surface area contributed by atoms with E-state index in [0.29, 0.717) is 12.8 Å². The number of halogens is 3. The lowest BCUT2D eigenvalue weighted by atomic mass is 10.3. The van der Waals surface area contributed by atoms with E-state index in [1.165, 1.54) is 0 Å². The van der Waals surface area contributed by atoms with E-state index in [4.69, 9.17) is 28.7 Å². The highest BCUT2D eigenvalue weighted by molar-refractivity contribution is 7.89. The Hall–Kier alpha value is -1.05. The van der Waals surface area contributed by atoms with Gasteiger partial charge in [0.2, 0.25) is 10.0 Å². The summed E-state index contributed by atoms with van der Waals surface area (Å²) in [5.74, 6) is -0.973. The number of unbranched alkanes of at least 4 members (excludes halogenated alkanes) is 1. The van der Waals surface area contributed by atoms with Crippen molar-refractivity contribution < 1.29 is 12.8 Å². The molecule has 0 aliphatic heterocycles. The first-order chi connectivity index (χ1) is 9.40. The summed E-state index contributed by atoms with van der Waals surface area (Å²) in [5.41, 5.74) is 8.07. The van der Waals surface area contributed by atoms with Gasteiger partial charge in [-0.05, 0) is 30.5 Å². The summed E-state index contributed by atoms with van der Waals surface area (Å²) in [6.07, 6.45) is 1.02. The van der Waals surface area contributed by atoms with Crippen LogP contribution in [0.25, 0.3) is 10.4 Å². The van der Waals surface area contributed by atoms with E-state index in [9.17, 15) is 12.8 Å². The van der Waals surface area contributed by atoms with Crippen LogP contribution in [0.15, 0.2) is 22.1 Å². The normalized spacial score (nSPS) is 11.2. The minimum atomic E-state index is -3.91. The number of benzene rings is 1. The largest absolute Gasteiger partial charge is 0.242 e. The minimum Gasteiger partial charge on any atom is -0.211 e. The van der Waals surface area contributed by atoms with E-state index in [-0.39, 0.29) is 23.0 Å². The lowest BCUT2D eigenvalue weighted by Gasteiger charge is -2.09. The van der Waals surface area contributed by atoms with E-state index < -0.39 is 20.9 Å². The van der Waals surface area contributed by atoms with E-state index in [1.807, 2.05) is 0 Å². The zero-order chi connectivity index (χ0) is 15.2. The van der Waals surface area contributed by atoms with Crippen LogP contribution in [0, 0.1) is 5.82 Å². The highest BCUT2D eigenvalue weighted by Gasteiger charge is 2.21. The summed E-state index contributed by atoms with van der Waals surface area (Å²) in [6.45, 7) is 0.415. The molecule has 0 atom stereocenters. The Labute approximate surface area is 125 Å². The van der Waals surface area contributed by atoms with E-state index in [1.54, 1.807) is 0 Å². The van der Waals surface area contributed by atoms with Gasteiger partial charge in [-0.25, -0.2) is 17.5 Å². The lowest BCUT2D eigenvalue weighted by Crippen LogP contribution is -2.25. The fourth-order valence-corrected chi connectivity index (χ4v) is 3.17. The molecule has 0 aliphatic carbocycles. The highest BCUT2D eigenvalue weighted by Crippen LogP contribution is 2.29. The van der Waals surface area contributed by atoms with Gasteiger partial charge in [0.05, 0.1) is 10.0 Å². The first-order valence-electron chi connectivity index (χ1n) is 5.54. The summed E-state index contributed by atoms with van der Waals surface area (Å²) in [7, 11) is -3.91. The SMILES string of the molecule is [N-]=[N+]=NCCCCNS(=O)(=O)c1ccc(Cl)c(F)c1Cl. The second-order valence-electron chi connectivity index (χ2n) is 3.73. The molecule has 1 aromatic rings. The predicted molar refractivity (Wildman–Crippen MR) is 74.9 cm³/mol. The molecule has 20 heavy (non-hydrogen) atoms. The Morgan fingerprint density at radius 1 is 1.35 bits per heavy atom. The monoisotopic (exact) mass is 340 g/mol. The molecule has 0 fully saturated rings. The maximum absolute atomic E-state index is 13.4. The highest BCUT2D eigenvalue weighted by atomic mass is 35.5. The van der Waals surface area contributed by atoms with Crippen LogP contribution in [0.1, 0.15) is 12.8 Å². The van der Waals surface area contributed by atoms with Crippen LogP contribution in [0.3, 0.4) is 0 Å². The average molecular weight is 341 g/mol. The van der Waals surface area contributed by atoms with Crippen molar-refractivity contribution in [3.8, 4) is 0 Å². The molecule has 0 amide bonds. The molecule has 1 aromatic carbocycles. The van der Waals surface area contributed by atoms with Gasteiger partial charge in [0, 0.05) is 18.0 Å². The molecular weight excluding hydrogens is 330 g/mol. The molecule has 110 valence electrons. The van der Waals surface area contributed by atoms with Crippen molar-refractivity contribution in [1.82, 2.24) is 4.72 Å². The van der Waals surface area contributed by atoms with Crippen molar-refractivity contribution in [2.24, 2.45) is 5.11 Å². The van der Waals surface area contributed by atoms with Crippen molar-refractivity contribution >= 4 is 33.2 Å². The van der Waals surface area contributed by atoms with Crippen molar-refractivity contribution in [2.75, 3.05) is 13.1 Å². The van der Waals surface area contributed by atoms with E-state index in [2.05, 4.69) is 14.7 Å². The average Bonchev–Trinajstić information content (AvgIpc) is 2.39.